The molecule has 0 radical (unpaired) electrons. The van der Waals surface area contributed by atoms with Crippen molar-refractivity contribution in [1.29, 1.82) is 0 Å². The number of pyridine rings is 1. The van der Waals surface area contributed by atoms with E-state index >= 15 is 0 Å². The quantitative estimate of drug-likeness (QED) is 0.891. The van der Waals surface area contributed by atoms with Gasteiger partial charge in [0.1, 0.15) is 0 Å². The minimum atomic E-state index is 0.221. The highest BCUT2D eigenvalue weighted by Crippen LogP contribution is 2.20. The van der Waals surface area contributed by atoms with E-state index in [2.05, 4.69) is 39.6 Å². The molecular weight excluding hydrogens is 236 g/mol. The van der Waals surface area contributed by atoms with E-state index in [0.29, 0.717) is 0 Å². The molecule has 0 spiro atoms. The van der Waals surface area contributed by atoms with Gasteiger partial charge in [0.15, 0.2) is 0 Å². The van der Waals surface area contributed by atoms with Crippen LogP contribution in [0.4, 0.5) is 0 Å². The minimum Gasteiger partial charge on any atom is -0.313 e. The van der Waals surface area contributed by atoms with Crippen LogP contribution in [0.2, 0.25) is 0 Å². The van der Waals surface area contributed by atoms with Gasteiger partial charge in [-0.05, 0) is 44.2 Å². The lowest BCUT2D eigenvalue weighted by Crippen LogP contribution is -2.21. The largest absolute Gasteiger partial charge is 0.313 e. The molecule has 1 atom stereocenters. The zero-order valence-electron chi connectivity index (χ0n) is 11.7. The summed E-state index contributed by atoms with van der Waals surface area (Å²) < 4.78 is 0. The maximum Gasteiger partial charge on any atom is 0.0676 e. The number of hydrogen-bond donors (Lipinski definition) is 1. The predicted octanol–water partition coefficient (Wildman–Crippen LogP) is 2.25. The molecule has 0 fully saturated rings. The van der Waals surface area contributed by atoms with E-state index in [1.54, 1.807) is 0 Å². The monoisotopic (exact) mass is 256 g/mol. The highest BCUT2D eigenvalue weighted by atomic mass is 15.1. The third kappa shape index (κ3) is 3.35. The molecule has 100 valence electrons. The smallest absolute Gasteiger partial charge is 0.0676 e. The molecule has 0 amide bonds. The van der Waals surface area contributed by atoms with Crippen LogP contribution < -0.4 is 5.32 Å². The Kier molecular flexibility index (Phi) is 4.58. The molecule has 1 N–H and O–H groups in total. The standard InChI is InChI=1S/C15H20N4/c1-4-14-13(9-11(2)18-19-14)15(16-3)10-12-7-5-6-8-17-12/h5-9,15-16H,4,10H2,1-3H3. The average Bonchev–Trinajstić information content (AvgIpc) is 2.46. The Morgan fingerprint density at radius 3 is 2.74 bits per heavy atom. The summed E-state index contributed by atoms with van der Waals surface area (Å²) in [6.07, 6.45) is 3.58. The molecule has 19 heavy (non-hydrogen) atoms. The van der Waals surface area contributed by atoms with Crippen LogP contribution in [0.25, 0.3) is 0 Å². The molecule has 0 aliphatic carbocycles. The Balaban J connectivity index is 2.29. The summed E-state index contributed by atoms with van der Waals surface area (Å²) in [5, 5.41) is 11.8. The molecule has 2 aromatic heterocycles. The van der Waals surface area contributed by atoms with Gasteiger partial charge in [0.2, 0.25) is 0 Å². The van der Waals surface area contributed by atoms with Gasteiger partial charge in [0.25, 0.3) is 0 Å². The fourth-order valence-corrected chi connectivity index (χ4v) is 2.21. The summed E-state index contributed by atoms with van der Waals surface area (Å²) in [5.74, 6) is 0. The van der Waals surface area contributed by atoms with Crippen molar-refractivity contribution in [3.05, 3.63) is 53.1 Å². The maximum atomic E-state index is 4.39. The van der Waals surface area contributed by atoms with E-state index in [9.17, 15) is 0 Å². The highest BCUT2D eigenvalue weighted by molar-refractivity contribution is 5.26. The molecule has 2 rings (SSSR count). The molecule has 0 saturated carbocycles. The Morgan fingerprint density at radius 2 is 2.11 bits per heavy atom. The SMILES string of the molecule is CCc1nnc(C)cc1C(Cc1ccccn1)NC. The molecule has 4 heteroatoms. The van der Waals surface area contributed by atoms with E-state index in [4.69, 9.17) is 0 Å². The van der Waals surface area contributed by atoms with E-state index in [-0.39, 0.29) is 6.04 Å². The molecule has 0 saturated heterocycles. The normalized spacial score (nSPS) is 12.4. The van der Waals surface area contributed by atoms with Gasteiger partial charge < -0.3 is 5.32 Å². The summed E-state index contributed by atoms with van der Waals surface area (Å²) in [5.41, 5.74) is 4.32. The van der Waals surface area contributed by atoms with Crippen LogP contribution in [0, 0.1) is 6.92 Å². The van der Waals surface area contributed by atoms with Crippen LogP contribution in [-0.2, 0) is 12.8 Å². The third-order valence-electron chi connectivity index (χ3n) is 3.22. The lowest BCUT2D eigenvalue weighted by atomic mass is 9.99. The minimum absolute atomic E-state index is 0.221. The second-order valence-corrected chi connectivity index (χ2v) is 4.61. The van der Waals surface area contributed by atoms with E-state index < -0.39 is 0 Å². The lowest BCUT2D eigenvalue weighted by molar-refractivity contribution is 0.572. The number of aryl methyl sites for hydroxylation is 2. The number of likely N-dealkylation sites (N-methyl/N-ethyl adjacent to an activating group) is 1. The van der Waals surface area contributed by atoms with Crippen LogP contribution in [0.3, 0.4) is 0 Å². The summed E-state index contributed by atoms with van der Waals surface area (Å²) in [6, 6.07) is 8.35. The number of hydrogen-bond acceptors (Lipinski definition) is 4. The molecule has 0 bridgehead atoms. The van der Waals surface area contributed by atoms with Gasteiger partial charge in [-0.1, -0.05) is 13.0 Å². The van der Waals surface area contributed by atoms with E-state index in [1.807, 2.05) is 32.3 Å². The van der Waals surface area contributed by atoms with Gasteiger partial charge in [0, 0.05) is 24.4 Å². The van der Waals surface area contributed by atoms with Crippen LogP contribution in [0.15, 0.2) is 30.5 Å². The van der Waals surface area contributed by atoms with Crippen LogP contribution >= 0.6 is 0 Å². The van der Waals surface area contributed by atoms with Crippen molar-refractivity contribution < 1.29 is 0 Å². The van der Waals surface area contributed by atoms with Gasteiger partial charge >= 0.3 is 0 Å². The van der Waals surface area contributed by atoms with Crippen LogP contribution in [-0.4, -0.2) is 22.2 Å². The Labute approximate surface area is 114 Å². The van der Waals surface area contributed by atoms with Crippen molar-refractivity contribution in [1.82, 2.24) is 20.5 Å². The predicted molar refractivity (Wildman–Crippen MR) is 75.9 cm³/mol. The van der Waals surface area contributed by atoms with Crippen molar-refractivity contribution in [3.63, 3.8) is 0 Å². The van der Waals surface area contributed by atoms with Gasteiger partial charge in [-0.3, -0.25) is 4.98 Å². The third-order valence-corrected chi connectivity index (χ3v) is 3.22. The highest BCUT2D eigenvalue weighted by Gasteiger charge is 2.16. The first-order chi connectivity index (χ1) is 9.24. The zero-order valence-corrected chi connectivity index (χ0v) is 11.7. The van der Waals surface area contributed by atoms with E-state index in [0.717, 1.165) is 29.9 Å². The number of nitrogens with zero attached hydrogens (tertiary/aromatic N) is 3. The zero-order chi connectivity index (χ0) is 13.7. The average molecular weight is 256 g/mol. The Morgan fingerprint density at radius 1 is 1.26 bits per heavy atom. The Bertz CT molecular complexity index is 525. The van der Waals surface area contributed by atoms with Gasteiger partial charge in [0.05, 0.1) is 11.4 Å². The fraction of sp³-hybridized carbons (Fsp3) is 0.400. The molecular formula is C15H20N4. The first-order valence-electron chi connectivity index (χ1n) is 6.64. The molecule has 1 unspecified atom stereocenters. The summed E-state index contributed by atoms with van der Waals surface area (Å²) in [6.45, 7) is 4.08. The van der Waals surface area contributed by atoms with Crippen LogP contribution in [0.1, 0.15) is 35.6 Å². The Hall–Kier alpha value is -1.81. The van der Waals surface area contributed by atoms with Crippen molar-refractivity contribution in [2.24, 2.45) is 0 Å². The number of aromatic nitrogens is 3. The topological polar surface area (TPSA) is 50.7 Å². The second-order valence-electron chi connectivity index (χ2n) is 4.61. The number of rotatable bonds is 5. The molecule has 2 aromatic rings. The summed E-state index contributed by atoms with van der Waals surface area (Å²) in [7, 11) is 1.98. The van der Waals surface area contributed by atoms with E-state index in [1.165, 1.54) is 5.56 Å². The first kappa shape index (κ1) is 13.6. The molecule has 4 nitrogen and oxygen atoms in total. The first-order valence-corrected chi connectivity index (χ1v) is 6.64. The molecule has 0 aliphatic heterocycles. The van der Waals surface area contributed by atoms with Gasteiger partial charge in [-0.25, -0.2) is 0 Å². The van der Waals surface area contributed by atoms with Crippen molar-refractivity contribution in [2.45, 2.75) is 32.7 Å². The fourth-order valence-electron chi connectivity index (χ4n) is 2.21. The molecule has 0 aliphatic rings. The molecule has 2 heterocycles. The maximum absolute atomic E-state index is 4.39. The lowest BCUT2D eigenvalue weighted by Gasteiger charge is -2.18. The van der Waals surface area contributed by atoms with Crippen LogP contribution in [0.5, 0.6) is 0 Å². The summed E-state index contributed by atoms with van der Waals surface area (Å²) >= 11 is 0. The van der Waals surface area contributed by atoms with Gasteiger partial charge in [-0.2, -0.15) is 10.2 Å². The summed E-state index contributed by atoms with van der Waals surface area (Å²) in [4.78, 5) is 4.39. The molecule has 0 aromatic carbocycles. The van der Waals surface area contributed by atoms with Gasteiger partial charge in [-0.15, -0.1) is 0 Å². The van der Waals surface area contributed by atoms with Crippen molar-refractivity contribution >= 4 is 0 Å². The number of nitrogens with one attached hydrogen (secondary N) is 1. The van der Waals surface area contributed by atoms with Crippen molar-refractivity contribution in [3.8, 4) is 0 Å². The van der Waals surface area contributed by atoms with Crippen molar-refractivity contribution in [2.75, 3.05) is 7.05 Å². The second kappa shape index (κ2) is 6.38.